The summed E-state index contributed by atoms with van der Waals surface area (Å²) in [6.07, 6.45) is 1.02. The Balaban J connectivity index is 2.04. The molecule has 0 bridgehead atoms. The van der Waals surface area contributed by atoms with E-state index in [1.165, 1.54) is 5.56 Å². The third-order valence-corrected chi connectivity index (χ3v) is 3.08. The third kappa shape index (κ3) is 3.86. The van der Waals surface area contributed by atoms with Crippen LogP contribution in [0.15, 0.2) is 48.5 Å². The first-order valence-corrected chi connectivity index (χ1v) is 6.89. The molecule has 0 amide bonds. The lowest BCUT2D eigenvalue weighted by Gasteiger charge is -2.13. The monoisotopic (exact) mass is 265 g/mol. The molecular formula is C18H19NO. The van der Waals surface area contributed by atoms with Gasteiger partial charge >= 0.3 is 0 Å². The van der Waals surface area contributed by atoms with Crippen LogP contribution in [-0.4, -0.2) is 0 Å². The zero-order chi connectivity index (χ0) is 14.4. The largest absolute Gasteiger partial charge is 0.489 e. The van der Waals surface area contributed by atoms with Crippen molar-refractivity contribution >= 4 is 0 Å². The van der Waals surface area contributed by atoms with Gasteiger partial charge in [0.25, 0.3) is 0 Å². The van der Waals surface area contributed by atoms with E-state index in [0.29, 0.717) is 18.1 Å². The second-order valence-electron chi connectivity index (χ2n) is 5.30. The summed E-state index contributed by atoms with van der Waals surface area (Å²) in [5.74, 6) is 1.56. The zero-order valence-electron chi connectivity index (χ0n) is 12.0. The molecule has 2 heteroatoms. The highest BCUT2D eigenvalue weighted by Gasteiger charge is 2.05. The van der Waals surface area contributed by atoms with E-state index >= 15 is 0 Å². The fourth-order valence-electron chi connectivity index (χ4n) is 2.09. The van der Waals surface area contributed by atoms with Crippen LogP contribution in [0.25, 0.3) is 0 Å². The Morgan fingerprint density at radius 1 is 1.05 bits per heavy atom. The van der Waals surface area contributed by atoms with Crippen LogP contribution in [0, 0.1) is 17.2 Å². The van der Waals surface area contributed by atoms with Crippen LogP contribution in [-0.2, 0) is 13.0 Å². The van der Waals surface area contributed by atoms with Crippen LogP contribution in [0.4, 0.5) is 0 Å². The number of nitriles is 1. The molecule has 2 nitrogen and oxygen atoms in total. The summed E-state index contributed by atoms with van der Waals surface area (Å²) in [5.41, 5.74) is 2.99. The van der Waals surface area contributed by atoms with Gasteiger partial charge in [-0.25, -0.2) is 0 Å². The molecule has 0 radical (unpaired) electrons. The van der Waals surface area contributed by atoms with Gasteiger partial charge in [0.15, 0.2) is 0 Å². The second kappa shape index (κ2) is 6.77. The minimum absolute atomic E-state index is 0.529. The summed E-state index contributed by atoms with van der Waals surface area (Å²) in [5, 5.41) is 8.78. The Hall–Kier alpha value is -2.27. The van der Waals surface area contributed by atoms with Crippen LogP contribution in [0.2, 0.25) is 0 Å². The Kier molecular flexibility index (Phi) is 4.79. The summed E-state index contributed by atoms with van der Waals surface area (Å²) in [6, 6.07) is 17.8. The van der Waals surface area contributed by atoms with E-state index in [1.807, 2.05) is 42.5 Å². The molecule has 0 saturated carbocycles. The number of ether oxygens (including phenoxy) is 1. The zero-order valence-corrected chi connectivity index (χ0v) is 12.0. The van der Waals surface area contributed by atoms with E-state index in [4.69, 9.17) is 10.00 Å². The second-order valence-corrected chi connectivity index (χ2v) is 5.30. The van der Waals surface area contributed by atoms with Crippen molar-refractivity contribution in [1.82, 2.24) is 0 Å². The maximum Gasteiger partial charge on any atom is 0.123 e. The van der Waals surface area contributed by atoms with Gasteiger partial charge in [0.1, 0.15) is 12.4 Å². The molecule has 0 heterocycles. The minimum atomic E-state index is 0.529. The first-order chi connectivity index (χ1) is 9.69. The molecule has 2 rings (SSSR count). The molecule has 102 valence electrons. The maximum atomic E-state index is 8.78. The molecule has 20 heavy (non-hydrogen) atoms. The van der Waals surface area contributed by atoms with Gasteiger partial charge in [-0.05, 0) is 41.7 Å². The van der Waals surface area contributed by atoms with Gasteiger partial charge in [-0.15, -0.1) is 0 Å². The van der Waals surface area contributed by atoms with Gasteiger partial charge in [0, 0.05) is 0 Å². The molecule has 0 unspecified atom stereocenters. The summed E-state index contributed by atoms with van der Waals surface area (Å²) < 4.78 is 5.91. The smallest absolute Gasteiger partial charge is 0.123 e. The Bertz CT molecular complexity index is 594. The average molecular weight is 265 g/mol. The molecule has 0 aliphatic rings. The highest BCUT2D eigenvalue weighted by Crippen LogP contribution is 2.22. The van der Waals surface area contributed by atoms with Gasteiger partial charge in [-0.1, -0.05) is 44.2 Å². The number of para-hydroxylation sites is 1. The normalized spacial score (nSPS) is 10.3. The minimum Gasteiger partial charge on any atom is -0.489 e. The molecule has 0 aromatic heterocycles. The van der Waals surface area contributed by atoms with Crippen molar-refractivity contribution in [2.45, 2.75) is 26.9 Å². The van der Waals surface area contributed by atoms with E-state index in [-0.39, 0.29) is 0 Å². The first kappa shape index (κ1) is 14.1. The highest BCUT2D eigenvalue weighted by molar-refractivity contribution is 5.35. The topological polar surface area (TPSA) is 33.0 Å². The van der Waals surface area contributed by atoms with E-state index in [2.05, 4.69) is 26.0 Å². The lowest BCUT2D eigenvalue weighted by Crippen LogP contribution is -2.01. The number of hydrogen-bond acceptors (Lipinski definition) is 2. The number of nitrogens with zero attached hydrogens (tertiary/aromatic N) is 1. The Morgan fingerprint density at radius 2 is 1.75 bits per heavy atom. The van der Waals surface area contributed by atoms with Crippen LogP contribution in [0.5, 0.6) is 5.75 Å². The van der Waals surface area contributed by atoms with Crippen molar-refractivity contribution < 1.29 is 4.74 Å². The molecule has 0 atom stereocenters. The van der Waals surface area contributed by atoms with Crippen LogP contribution >= 0.6 is 0 Å². The summed E-state index contributed by atoms with van der Waals surface area (Å²) in [6.45, 7) is 4.94. The van der Waals surface area contributed by atoms with Gasteiger partial charge in [0.05, 0.1) is 11.6 Å². The van der Waals surface area contributed by atoms with Crippen LogP contribution < -0.4 is 4.74 Å². The predicted molar refractivity (Wildman–Crippen MR) is 80.5 cm³/mol. The molecule has 2 aromatic rings. The van der Waals surface area contributed by atoms with Crippen molar-refractivity contribution in [3.63, 3.8) is 0 Å². The lowest BCUT2D eigenvalue weighted by molar-refractivity contribution is 0.302. The Morgan fingerprint density at radius 3 is 2.40 bits per heavy atom. The Labute approximate surface area is 120 Å². The molecular weight excluding hydrogens is 246 g/mol. The number of hydrogen-bond donors (Lipinski definition) is 0. The van der Waals surface area contributed by atoms with E-state index < -0.39 is 0 Å². The molecule has 0 aliphatic heterocycles. The standard InChI is InChI=1S/C18H19NO/c1-14(2)11-17-5-3-4-6-18(17)20-13-16-9-7-15(12-19)8-10-16/h3-10,14H,11,13H2,1-2H3. The molecule has 0 saturated heterocycles. The SMILES string of the molecule is CC(C)Cc1ccccc1OCc1ccc(C#N)cc1. The van der Waals surface area contributed by atoms with Crippen molar-refractivity contribution in [3.05, 3.63) is 65.2 Å². The maximum absolute atomic E-state index is 8.78. The number of benzene rings is 2. The highest BCUT2D eigenvalue weighted by atomic mass is 16.5. The van der Waals surface area contributed by atoms with Crippen molar-refractivity contribution in [1.29, 1.82) is 5.26 Å². The molecule has 0 fully saturated rings. The third-order valence-electron chi connectivity index (χ3n) is 3.08. The van der Waals surface area contributed by atoms with E-state index in [1.54, 1.807) is 0 Å². The molecule has 2 aromatic carbocycles. The van der Waals surface area contributed by atoms with Crippen molar-refractivity contribution in [3.8, 4) is 11.8 Å². The fraction of sp³-hybridized carbons (Fsp3) is 0.278. The van der Waals surface area contributed by atoms with Crippen molar-refractivity contribution in [2.24, 2.45) is 5.92 Å². The lowest BCUT2D eigenvalue weighted by atomic mass is 10.0. The number of rotatable bonds is 5. The first-order valence-electron chi connectivity index (χ1n) is 6.89. The van der Waals surface area contributed by atoms with Gasteiger partial charge in [-0.2, -0.15) is 5.26 Å². The van der Waals surface area contributed by atoms with Gasteiger partial charge in [-0.3, -0.25) is 0 Å². The average Bonchev–Trinajstić information content (AvgIpc) is 2.46. The van der Waals surface area contributed by atoms with Crippen LogP contribution in [0.1, 0.15) is 30.5 Å². The summed E-state index contributed by atoms with van der Waals surface area (Å²) in [4.78, 5) is 0. The van der Waals surface area contributed by atoms with Gasteiger partial charge < -0.3 is 4.74 Å². The molecule has 0 aliphatic carbocycles. The van der Waals surface area contributed by atoms with Crippen LogP contribution in [0.3, 0.4) is 0 Å². The summed E-state index contributed by atoms with van der Waals surface area (Å²) >= 11 is 0. The van der Waals surface area contributed by atoms with Crippen molar-refractivity contribution in [2.75, 3.05) is 0 Å². The predicted octanol–water partition coefficient (Wildman–Crippen LogP) is 4.34. The quantitative estimate of drug-likeness (QED) is 0.805. The van der Waals surface area contributed by atoms with Gasteiger partial charge in [0.2, 0.25) is 0 Å². The summed E-state index contributed by atoms with van der Waals surface area (Å²) in [7, 11) is 0. The van der Waals surface area contributed by atoms with E-state index in [0.717, 1.165) is 17.7 Å². The molecule has 0 spiro atoms. The van der Waals surface area contributed by atoms with E-state index in [9.17, 15) is 0 Å². The fourth-order valence-corrected chi connectivity index (χ4v) is 2.09. The molecule has 0 N–H and O–H groups in total.